The van der Waals surface area contributed by atoms with Gasteiger partial charge in [0, 0.05) is 0 Å². The van der Waals surface area contributed by atoms with Gasteiger partial charge < -0.3 is 5.73 Å². The molecule has 2 nitrogen and oxygen atoms in total. The minimum atomic E-state index is -0.108. The lowest BCUT2D eigenvalue weighted by Crippen LogP contribution is -2.16. The Morgan fingerprint density at radius 2 is 1.26 bits per heavy atom. The fraction of sp³-hybridized carbons (Fsp3) is 0.762. The Morgan fingerprint density at radius 3 is 1.74 bits per heavy atom. The van der Waals surface area contributed by atoms with Crippen molar-refractivity contribution in [1.29, 1.82) is 0 Å². The van der Waals surface area contributed by atoms with E-state index in [1.54, 1.807) is 0 Å². The summed E-state index contributed by atoms with van der Waals surface area (Å²) in [6.07, 6.45) is 19.1. The van der Waals surface area contributed by atoms with E-state index in [0.29, 0.717) is 6.29 Å². The molecule has 0 spiro atoms. The van der Waals surface area contributed by atoms with Crippen molar-refractivity contribution in [3.8, 4) is 23.7 Å². The number of unbranched alkanes of at least 4 members (excludes halogenated alkanes) is 12. The quantitative estimate of drug-likeness (QED) is 0.278. The Morgan fingerprint density at radius 1 is 0.783 bits per heavy atom. The van der Waals surface area contributed by atoms with Crippen LogP contribution in [0.1, 0.15) is 96.8 Å². The number of aldehydes is 1. The fourth-order valence-corrected chi connectivity index (χ4v) is 2.65. The Kier molecular flexibility index (Phi) is 17.8. The van der Waals surface area contributed by atoms with Gasteiger partial charge in [0.15, 0.2) is 6.29 Å². The Bertz CT molecular complexity index is 380. The second-order valence-electron chi connectivity index (χ2n) is 6.29. The first kappa shape index (κ1) is 21.8. The maximum absolute atomic E-state index is 9.99. The van der Waals surface area contributed by atoms with Gasteiger partial charge >= 0.3 is 0 Å². The van der Waals surface area contributed by atoms with E-state index in [-0.39, 0.29) is 6.04 Å². The van der Waals surface area contributed by atoms with Crippen LogP contribution in [0, 0.1) is 23.7 Å². The average Bonchev–Trinajstić information content (AvgIpc) is 2.56. The summed E-state index contributed by atoms with van der Waals surface area (Å²) in [5.74, 6) is 10.2. The van der Waals surface area contributed by atoms with Gasteiger partial charge in [-0.2, -0.15) is 0 Å². The Balaban J connectivity index is 3.23. The lowest BCUT2D eigenvalue weighted by Gasteiger charge is -2.04. The molecular formula is C21H35NO. The smallest absolute Gasteiger partial charge is 0.193 e. The normalized spacial score (nSPS) is 11.0. The molecule has 0 bridgehead atoms. The van der Waals surface area contributed by atoms with E-state index in [4.69, 9.17) is 5.73 Å². The number of rotatable bonds is 14. The molecule has 1 atom stereocenters. The van der Waals surface area contributed by atoms with Crippen LogP contribution in [0.2, 0.25) is 0 Å². The van der Waals surface area contributed by atoms with Crippen molar-refractivity contribution in [2.75, 3.05) is 0 Å². The minimum Gasteiger partial charge on any atom is -0.318 e. The second-order valence-corrected chi connectivity index (χ2v) is 6.29. The standard InChI is InChI=1S/C21H35NO/c1-2-3-4-5-6-7-8-9-10-11-12-13-15-18-21(22)19-16-14-17-20-23/h20-21H,2-13,15,18,22H2,1H3. The SMILES string of the molecule is CCCCCCCCCCCCCCCC(N)C#CC#CC=O. The summed E-state index contributed by atoms with van der Waals surface area (Å²) in [6, 6.07) is -0.108. The summed E-state index contributed by atoms with van der Waals surface area (Å²) in [5.41, 5.74) is 5.87. The number of hydrogen-bond donors (Lipinski definition) is 1. The van der Waals surface area contributed by atoms with Crippen molar-refractivity contribution in [3.63, 3.8) is 0 Å². The summed E-state index contributed by atoms with van der Waals surface area (Å²) in [5, 5.41) is 0. The van der Waals surface area contributed by atoms with E-state index in [2.05, 4.69) is 30.6 Å². The van der Waals surface area contributed by atoms with Crippen molar-refractivity contribution in [2.24, 2.45) is 5.73 Å². The van der Waals surface area contributed by atoms with E-state index < -0.39 is 0 Å². The molecule has 0 rings (SSSR count). The lowest BCUT2D eigenvalue weighted by atomic mass is 10.0. The minimum absolute atomic E-state index is 0.108. The van der Waals surface area contributed by atoms with Gasteiger partial charge in [-0.3, -0.25) is 4.79 Å². The van der Waals surface area contributed by atoms with Crippen LogP contribution in [-0.4, -0.2) is 12.3 Å². The van der Waals surface area contributed by atoms with Crippen LogP contribution < -0.4 is 5.73 Å². The third kappa shape index (κ3) is 18.7. The van der Waals surface area contributed by atoms with Crippen LogP contribution in [0.15, 0.2) is 0 Å². The van der Waals surface area contributed by atoms with E-state index in [9.17, 15) is 4.79 Å². The van der Waals surface area contributed by atoms with Gasteiger partial charge in [-0.25, -0.2) is 0 Å². The van der Waals surface area contributed by atoms with Crippen LogP contribution in [0.3, 0.4) is 0 Å². The molecular weight excluding hydrogens is 282 g/mol. The van der Waals surface area contributed by atoms with Crippen molar-refractivity contribution < 1.29 is 4.79 Å². The van der Waals surface area contributed by atoms with Crippen molar-refractivity contribution in [3.05, 3.63) is 0 Å². The largest absolute Gasteiger partial charge is 0.318 e. The number of nitrogens with two attached hydrogens (primary N) is 1. The zero-order chi connectivity index (χ0) is 17.0. The molecule has 0 aliphatic heterocycles. The molecule has 0 saturated carbocycles. The molecule has 0 heterocycles. The summed E-state index contributed by atoms with van der Waals surface area (Å²) < 4.78 is 0. The third-order valence-corrected chi connectivity index (χ3v) is 4.07. The molecule has 23 heavy (non-hydrogen) atoms. The molecule has 0 aliphatic rings. The summed E-state index contributed by atoms with van der Waals surface area (Å²) in [4.78, 5) is 9.99. The molecule has 0 saturated heterocycles. The maximum atomic E-state index is 9.99. The van der Waals surface area contributed by atoms with E-state index in [1.165, 1.54) is 77.0 Å². The second kappa shape index (κ2) is 18.8. The number of hydrogen-bond acceptors (Lipinski definition) is 2. The van der Waals surface area contributed by atoms with E-state index in [1.807, 2.05) is 0 Å². The molecule has 0 aromatic heterocycles. The summed E-state index contributed by atoms with van der Waals surface area (Å²) >= 11 is 0. The van der Waals surface area contributed by atoms with E-state index >= 15 is 0 Å². The molecule has 0 aromatic rings. The molecule has 0 radical (unpaired) electrons. The highest BCUT2D eigenvalue weighted by Crippen LogP contribution is 2.13. The van der Waals surface area contributed by atoms with E-state index in [0.717, 1.165) is 12.8 Å². The predicted molar refractivity (Wildman–Crippen MR) is 99.9 cm³/mol. The van der Waals surface area contributed by atoms with Crippen molar-refractivity contribution in [1.82, 2.24) is 0 Å². The predicted octanol–water partition coefficient (Wildman–Crippen LogP) is 5.00. The Labute approximate surface area is 144 Å². The average molecular weight is 318 g/mol. The molecule has 2 N–H and O–H groups in total. The highest BCUT2D eigenvalue weighted by Gasteiger charge is 1.97. The van der Waals surface area contributed by atoms with Crippen LogP contribution in [0.4, 0.5) is 0 Å². The maximum Gasteiger partial charge on any atom is 0.193 e. The van der Waals surface area contributed by atoms with Gasteiger partial charge in [-0.1, -0.05) is 96.3 Å². The fourth-order valence-electron chi connectivity index (χ4n) is 2.65. The van der Waals surface area contributed by atoms with Gasteiger partial charge in [0.05, 0.1) is 6.04 Å². The van der Waals surface area contributed by atoms with Crippen LogP contribution in [-0.2, 0) is 4.79 Å². The monoisotopic (exact) mass is 317 g/mol. The lowest BCUT2D eigenvalue weighted by molar-refractivity contribution is -0.103. The molecule has 0 amide bonds. The molecule has 0 aromatic carbocycles. The number of carbonyl (C=O) groups is 1. The van der Waals surface area contributed by atoms with Gasteiger partial charge in [0.2, 0.25) is 0 Å². The van der Waals surface area contributed by atoms with Gasteiger partial charge in [0.1, 0.15) is 0 Å². The van der Waals surface area contributed by atoms with Crippen LogP contribution in [0.5, 0.6) is 0 Å². The molecule has 2 heteroatoms. The first-order valence-corrected chi connectivity index (χ1v) is 9.51. The van der Waals surface area contributed by atoms with Gasteiger partial charge in [-0.05, 0) is 24.2 Å². The van der Waals surface area contributed by atoms with Crippen LogP contribution >= 0.6 is 0 Å². The molecule has 1 unspecified atom stereocenters. The molecule has 0 aliphatic carbocycles. The zero-order valence-electron chi connectivity index (χ0n) is 15.0. The molecule has 130 valence electrons. The van der Waals surface area contributed by atoms with Gasteiger partial charge in [0.25, 0.3) is 0 Å². The highest BCUT2D eigenvalue weighted by atomic mass is 16.1. The third-order valence-electron chi connectivity index (χ3n) is 4.07. The zero-order valence-corrected chi connectivity index (χ0v) is 15.0. The van der Waals surface area contributed by atoms with Crippen LogP contribution in [0.25, 0.3) is 0 Å². The Hall–Kier alpha value is -1.25. The number of carbonyl (C=O) groups excluding carboxylic acids is 1. The van der Waals surface area contributed by atoms with Crippen molar-refractivity contribution in [2.45, 2.75) is 103 Å². The van der Waals surface area contributed by atoms with Gasteiger partial charge in [-0.15, -0.1) is 0 Å². The first-order valence-electron chi connectivity index (χ1n) is 9.51. The van der Waals surface area contributed by atoms with Crippen molar-refractivity contribution >= 4 is 6.29 Å². The topological polar surface area (TPSA) is 43.1 Å². The highest BCUT2D eigenvalue weighted by molar-refractivity contribution is 5.73. The molecule has 0 fully saturated rings. The first-order chi connectivity index (χ1) is 11.3. The summed E-state index contributed by atoms with van der Waals surface area (Å²) in [7, 11) is 0. The summed E-state index contributed by atoms with van der Waals surface area (Å²) in [6.45, 7) is 2.27.